The number of fused-ring (bicyclic) bond motifs is 1. The van der Waals surface area contributed by atoms with E-state index >= 15 is 0 Å². The molecular formula is C23H21F4N3O2S. The van der Waals surface area contributed by atoms with Crippen LogP contribution in [0.15, 0.2) is 42.5 Å². The Morgan fingerprint density at radius 2 is 1.73 bits per heavy atom. The number of piperazine rings is 1. The van der Waals surface area contributed by atoms with Gasteiger partial charge in [-0.25, -0.2) is 4.39 Å². The van der Waals surface area contributed by atoms with Crippen LogP contribution in [-0.2, 0) is 11.0 Å². The van der Waals surface area contributed by atoms with Gasteiger partial charge in [0, 0.05) is 36.3 Å². The number of halogens is 4. The van der Waals surface area contributed by atoms with Crippen LogP contribution in [0.3, 0.4) is 0 Å². The van der Waals surface area contributed by atoms with E-state index in [0.29, 0.717) is 46.7 Å². The topological polar surface area (TPSA) is 52.7 Å². The van der Waals surface area contributed by atoms with Gasteiger partial charge in [-0.3, -0.25) is 14.5 Å². The molecule has 5 nitrogen and oxygen atoms in total. The fourth-order valence-electron chi connectivity index (χ4n) is 3.94. The molecule has 174 valence electrons. The largest absolute Gasteiger partial charge is 0.418 e. The SMILES string of the molecule is Cc1c(C(=O)N2CCN(CC(=O)Nc3ccccc3C(F)(F)F)CC2)sc2cccc(F)c12. The van der Waals surface area contributed by atoms with Crippen LogP contribution < -0.4 is 5.32 Å². The van der Waals surface area contributed by atoms with Crippen molar-refractivity contribution in [2.45, 2.75) is 13.1 Å². The van der Waals surface area contributed by atoms with E-state index in [0.717, 1.165) is 6.07 Å². The first-order chi connectivity index (χ1) is 15.6. The number of hydrogen-bond acceptors (Lipinski definition) is 4. The number of benzene rings is 2. The molecular weight excluding hydrogens is 458 g/mol. The minimum Gasteiger partial charge on any atom is -0.335 e. The molecule has 1 aliphatic rings. The number of alkyl halides is 3. The molecule has 0 radical (unpaired) electrons. The summed E-state index contributed by atoms with van der Waals surface area (Å²) < 4.78 is 54.2. The number of aryl methyl sites for hydroxylation is 1. The van der Waals surface area contributed by atoms with Crippen LogP contribution in [0.4, 0.5) is 23.2 Å². The van der Waals surface area contributed by atoms with Gasteiger partial charge in [-0.1, -0.05) is 18.2 Å². The Kier molecular flexibility index (Phi) is 6.40. The molecule has 1 aliphatic heterocycles. The third-order valence-electron chi connectivity index (χ3n) is 5.63. The Labute approximate surface area is 191 Å². The summed E-state index contributed by atoms with van der Waals surface area (Å²) in [5.41, 5.74) is -0.566. The second-order valence-electron chi connectivity index (χ2n) is 7.83. The summed E-state index contributed by atoms with van der Waals surface area (Å²) in [6.45, 7) is 3.18. The van der Waals surface area contributed by atoms with Gasteiger partial charge in [0.25, 0.3) is 5.91 Å². The summed E-state index contributed by atoms with van der Waals surface area (Å²) in [5, 5.41) is 2.80. The second-order valence-corrected chi connectivity index (χ2v) is 8.88. The average Bonchev–Trinajstić information content (AvgIpc) is 3.11. The number of carbonyl (C=O) groups is 2. The lowest BCUT2D eigenvalue weighted by Gasteiger charge is -2.34. The first-order valence-electron chi connectivity index (χ1n) is 10.3. The number of thiophene rings is 1. The molecule has 0 spiro atoms. The van der Waals surface area contributed by atoms with Gasteiger partial charge in [-0.15, -0.1) is 11.3 Å². The number of amides is 2. The molecule has 33 heavy (non-hydrogen) atoms. The van der Waals surface area contributed by atoms with E-state index in [-0.39, 0.29) is 24.0 Å². The van der Waals surface area contributed by atoms with Gasteiger partial charge >= 0.3 is 6.18 Å². The number of rotatable bonds is 4. The number of nitrogens with one attached hydrogen (secondary N) is 1. The van der Waals surface area contributed by atoms with Crippen LogP contribution in [0.2, 0.25) is 0 Å². The van der Waals surface area contributed by atoms with E-state index in [4.69, 9.17) is 0 Å². The molecule has 1 N–H and O–H groups in total. The maximum absolute atomic E-state index is 14.2. The van der Waals surface area contributed by atoms with Crippen LogP contribution in [0.25, 0.3) is 10.1 Å². The normalized spacial score (nSPS) is 15.1. The molecule has 0 aliphatic carbocycles. The average molecular weight is 479 g/mol. The zero-order valence-electron chi connectivity index (χ0n) is 17.7. The van der Waals surface area contributed by atoms with Crippen LogP contribution >= 0.6 is 11.3 Å². The van der Waals surface area contributed by atoms with E-state index in [1.54, 1.807) is 28.9 Å². The van der Waals surface area contributed by atoms with Crippen molar-refractivity contribution in [1.29, 1.82) is 0 Å². The van der Waals surface area contributed by atoms with Gasteiger partial charge in [0.15, 0.2) is 0 Å². The molecule has 3 aromatic rings. The minimum absolute atomic E-state index is 0.0820. The maximum atomic E-state index is 14.2. The highest BCUT2D eigenvalue weighted by Gasteiger charge is 2.34. The van der Waals surface area contributed by atoms with E-state index < -0.39 is 17.6 Å². The van der Waals surface area contributed by atoms with Gasteiger partial charge < -0.3 is 10.2 Å². The van der Waals surface area contributed by atoms with Crippen LogP contribution in [-0.4, -0.2) is 54.3 Å². The standard InChI is InChI=1S/C23H21F4N3O2S/c1-14-20-16(24)6-4-8-18(20)33-21(14)22(32)30-11-9-29(10-12-30)13-19(31)28-17-7-3-2-5-15(17)23(25,26)27/h2-8H,9-13H2,1H3,(H,28,31). The van der Waals surface area contributed by atoms with Crippen molar-refractivity contribution < 1.29 is 27.2 Å². The third-order valence-corrected chi connectivity index (χ3v) is 6.88. The molecule has 0 saturated carbocycles. The van der Waals surface area contributed by atoms with Crippen molar-refractivity contribution in [3.05, 3.63) is 64.3 Å². The lowest BCUT2D eigenvalue weighted by atomic mass is 10.1. The second kappa shape index (κ2) is 9.11. The van der Waals surface area contributed by atoms with E-state index in [9.17, 15) is 27.2 Å². The van der Waals surface area contributed by atoms with E-state index in [1.807, 2.05) is 0 Å². The van der Waals surface area contributed by atoms with Crippen molar-refractivity contribution in [3.8, 4) is 0 Å². The Hall–Kier alpha value is -2.98. The molecule has 0 unspecified atom stereocenters. The first kappa shape index (κ1) is 23.2. The highest BCUT2D eigenvalue weighted by molar-refractivity contribution is 7.21. The summed E-state index contributed by atoms with van der Waals surface area (Å²) in [5.74, 6) is -1.10. The predicted molar refractivity (Wildman–Crippen MR) is 119 cm³/mol. The zero-order chi connectivity index (χ0) is 23.8. The smallest absolute Gasteiger partial charge is 0.335 e. The van der Waals surface area contributed by atoms with Crippen molar-refractivity contribution in [3.63, 3.8) is 0 Å². The predicted octanol–water partition coefficient (Wildman–Crippen LogP) is 4.76. The highest BCUT2D eigenvalue weighted by atomic mass is 32.1. The lowest BCUT2D eigenvalue weighted by molar-refractivity contribution is -0.137. The maximum Gasteiger partial charge on any atom is 0.418 e. The van der Waals surface area contributed by atoms with Gasteiger partial charge in [0.1, 0.15) is 5.82 Å². The number of nitrogens with zero attached hydrogens (tertiary/aromatic N) is 2. The Morgan fingerprint density at radius 3 is 2.39 bits per heavy atom. The monoisotopic (exact) mass is 479 g/mol. The summed E-state index contributed by atoms with van der Waals surface area (Å²) in [6, 6.07) is 9.58. The third kappa shape index (κ3) is 4.86. The molecule has 10 heteroatoms. The van der Waals surface area contributed by atoms with Crippen molar-refractivity contribution in [2.24, 2.45) is 0 Å². The van der Waals surface area contributed by atoms with Crippen molar-refractivity contribution >= 4 is 38.9 Å². The Bertz CT molecular complexity index is 1200. The fraction of sp³-hybridized carbons (Fsp3) is 0.304. The summed E-state index contributed by atoms with van der Waals surface area (Å²) in [6.07, 6.45) is -4.57. The van der Waals surface area contributed by atoms with Crippen LogP contribution in [0.1, 0.15) is 20.8 Å². The first-order valence-corrected chi connectivity index (χ1v) is 11.1. The Morgan fingerprint density at radius 1 is 1.03 bits per heavy atom. The Balaban J connectivity index is 1.36. The number of anilines is 1. The quantitative estimate of drug-likeness (QED) is 0.549. The van der Waals surface area contributed by atoms with E-state index in [2.05, 4.69) is 5.32 Å². The van der Waals surface area contributed by atoms with Crippen LogP contribution in [0.5, 0.6) is 0 Å². The molecule has 1 fully saturated rings. The fourth-order valence-corrected chi connectivity index (χ4v) is 5.13. The molecule has 0 bridgehead atoms. The molecule has 0 atom stereocenters. The molecule has 2 heterocycles. The van der Waals surface area contributed by atoms with E-state index in [1.165, 1.54) is 35.6 Å². The zero-order valence-corrected chi connectivity index (χ0v) is 18.5. The van der Waals surface area contributed by atoms with Crippen LogP contribution in [0, 0.1) is 12.7 Å². The molecule has 2 amide bonds. The van der Waals surface area contributed by atoms with Gasteiger partial charge in [0.2, 0.25) is 5.91 Å². The highest BCUT2D eigenvalue weighted by Crippen LogP contribution is 2.35. The van der Waals surface area contributed by atoms with Crippen molar-refractivity contribution in [1.82, 2.24) is 9.80 Å². The lowest BCUT2D eigenvalue weighted by Crippen LogP contribution is -2.50. The van der Waals surface area contributed by atoms with Gasteiger partial charge in [-0.05, 0) is 36.8 Å². The molecule has 4 rings (SSSR count). The van der Waals surface area contributed by atoms with Gasteiger partial charge in [0.05, 0.1) is 22.7 Å². The van der Waals surface area contributed by atoms with Crippen molar-refractivity contribution in [2.75, 3.05) is 38.0 Å². The van der Waals surface area contributed by atoms with Gasteiger partial charge in [-0.2, -0.15) is 13.2 Å². The number of carbonyl (C=O) groups excluding carboxylic acids is 2. The summed E-state index contributed by atoms with van der Waals surface area (Å²) >= 11 is 1.25. The summed E-state index contributed by atoms with van der Waals surface area (Å²) in [7, 11) is 0. The number of para-hydroxylation sites is 1. The molecule has 2 aromatic carbocycles. The molecule has 1 aromatic heterocycles. The minimum atomic E-state index is -4.57. The molecule has 1 saturated heterocycles. The number of hydrogen-bond donors (Lipinski definition) is 1. The summed E-state index contributed by atoms with van der Waals surface area (Å²) in [4.78, 5) is 29.3.